The van der Waals surface area contributed by atoms with Gasteiger partial charge in [-0.2, -0.15) is 4.98 Å². The Labute approximate surface area is 154 Å². The van der Waals surface area contributed by atoms with Crippen LogP contribution < -0.4 is 15.2 Å². The molecule has 1 saturated carbocycles. The molecule has 1 heterocycles. The molecule has 0 aliphatic heterocycles. The van der Waals surface area contributed by atoms with Crippen molar-refractivity contribution in [2.24, 2.45) is 5.73 Å². The maximum absolute atomic E-state index is 6.44. The second kappa shape index (κ2) is 7.22. The molecule has 0 amide bonds. The Bertz CT molecular complexity index is 724. The fourth-order valence-corrected chi connectivity index (χ4v) is 3.26. The zero-order chi connectivity index (χ0) is 17.4. The molecule has 3 rings (SSSR count). The summed E-state index contributed by atoms with van der Waals surface area (Å²) in [5, 5.41) is 4.17. The predicted octanol–water partition coefficient (Wildman–Crippen LogP) is 3.56. The van der Waals surface area contributed by atoms with Crippen molar-refractivity contribution in [1.29, 1.82) is 0 Å². The van der Waals surface area contributed by atoms with Crippen LogP contribution in [0.1, 0.15) is 56.8 Å². The fraction of sp³-hybridized carbons (Fsp3) is 0.556. The van der Waals surface area contributed by atoms with Gasteiger partial charge in [0.05, 0.1) is 25.2 Å². The summed E-state index contributed by atoms with van der Waals surface area (Å²) in [5.74, 6) is 2.54. The van der Waals surface area contributed by atoms with E-state index in [4.69, 9.17) is 19.7 Å². The lowest BCUT2D eigenvalue weighted by Gasteiger charge is -2.22. The van der Waals surface area contributed by atoms with Gasteiger partial charge in [0.15, 0.2) is 17.3 Å². The summed E-state index contributed by atoms with van der Waals surface area (Å²) in [5.41, 5.74) is 6.54. The molecule has 6 nitrogen and oxygen atoms in total. The van der Waals surface area contributed by atoms with Gasteiger partial charge in [0.1, 0.15) is 0 Å². The monoisotopic (exact) mass is 367 g/mol. The van der Waals surface area contributed by atoms with Gasteiger partial charge >= 0.3 is 0 Å². The van der Waals surface area contributed by atoms with Gasteiger partial charge in [-0.15, -0.1) is 12.4 Å². The molecule has 1 aromatic heterocycles. The number of ether oxygens (including phenoxy) is 2. The lowest BCUT2D eigenvalue weighted by Crippen LogP contribution is -2.34. The first-order valence-corrected chi connectivity index (χ1v) is 8.27. The summed E-state index contributed by atoms with van der Waals surface area (Å²) in [6.45, 7) is 4.09. The molecule has 2 aromatic rings. The maximum atomic E-state index is 6.44. The van der Waals surface area contributed by atoms with Crippen LogP contribution in [0.4, 0.5) is 0 Å². The molecule has 1 aliphatic carbocycles. The fourth-order valence-electron chi connectivity index (χ4n) is 3.26. The van der Waals surface area contributed by atoms with E-state index in [1.54, 1.807) is 14.2 Å². The van der Waals surface area contributed by atoms with Gasteiger partial charge in [0.2, 0.25) is 5.89 Å². The van der Waals surface area contributed by atoms with E-state index in [9.17, 15) is 0 Å². The van der Waals surface area contributed by atoms with Crippen molar-refractivity contribution in [2.45, 2.75) is 50.5 Å². The Morgan fingerprint density at radius 3 is 2.36 bits per heavy atom. The molecule has 0 spiro atoms. The number of rotatable bonds is 5. The third-order valence-electron chi connectivity index (χ3n) is 5.01. The summed E-state index contributed by atoms with van der Waals surface area (Å²) < 4.78 is 16.3. The van der Waals surface area contributed by atoms with E-state index in [1.165, 1.54) is 0 Å². The predicted molar refractivity (Wildman–Crippen MR) is 97.6 cm³/mol. The first-order chi connectivity index (χ1) is 11.4. The van der Waals surface area contributed by atoms with Gasteiger partial charge in [0.25, 0.3) is 0 Å². The molecule has 0 atom stereocenters. The number of methoxy groups -OCH3 is 2. The van der Waals surface area contributed by atoms with Gasteiger partial charge in [-0.3, -0.25) is 0 Å². The van der Waals surface area contributed by atoms with Crippen molar-refractivity contribution in [2.75, 3.05) is 14.2 Å². The van der Waals surface area contributed by atoms with Crippen LogP contribution in [-0.4, -0.2) is 24.4 Å². The number of benzene rings is 1. The average molecular weight is 368 g/mol. The Kier molecular flexibility index (Phi) is 5.64. The van der Waals surface area contributed by atoms with Gasteiger partial charge in [-0.05, 0) is 44.4 Å². The molecule has 0 saturated heterocycles. The quantitative estimate of drug-likeness (QED) is 0.869. The van der Waals surface area contributed by atoms with Crippen molar-refractivity contribution in [1.82, 2.24) is 10.1 Å². The minimum atomic E-state index is -0.459. The van der Waals surface area contributed by atoms with Crippen LogP contribution >= 0.6 is 12.4 Å². The number of aromatic nitrogens is 2. The van der Waals surface area contributed by atoms with Crippen molar-refractivity contribution in [3.63, 3.8) is 0 Å². The van der Waals surface area contributed by atoms with E-state index in [0.29, 0.717) is 23.2 Å². The highest BCUT2D eigenvalue weighted by molar-refractivity contribution is 5.85. The second-order valence-electron chi connectivity index (χ2n) is 6.98. The van der Waals surface area contributed by atoms with Crippen LogP contribution in [0.15, 0.2) is 22.7 Å². The van der Waals surface area contributed by atoms with E-state index in [0.717, 1.165) is 31.2 Å². The van der Waals surface area contributed by atoms with Gasteiger partial charge in [-0.25, -0.2) is 0 Å². The first kappa shape index (κ1) is 19.5. The lowest BCUT2D eigenvalue weighted by molar-refractivity contribution is 0.317. The van der Waals surface area contributed by atoms with E-state index < -0.39 is 11.0 Å². The minimum absolute atomic E-state index is 0. The van der Waals surface area contributed by atoms with E-state index in [-0.39, 0.29) is 12.4 Å². The van der Waals surface area contributed by atoms with Crippen LogP contribution in [0.25, 0.3) is 0 Å². The number of nitrogens with two attached hydrogens (primary N) is 1. The normalized spacial score (nSPS) is 16.4. The third kappa shape index (κ3) is 3.46. The highest BCUT2D eigenvalue weighted by atomic mass is 35.5. The van der Waals surface area contributed by atoms with Gasteiger partial charge < -0.3 is 19.7 Å². The number of hydrogen-bond donors (Lipinski definition) is 1. The average Bonchev–Trinajstić information content (AvgIpc) is 3.24. The van der Waals surface area contributed by atoms with E-state index in [2.05, 4.69) is 10.1 Å². The van der Waals surface area contributed by atoms with Crippen molar-refractivity contribution < 1.29 is 14.0 Å². The summed E-state index contributed by atoms with van der Waals surface area (Å²) >= 11 is 0. The Balaban J connectivity index is 0.00000225. The molecule has 138 valence electrons. The second-order valence-corrected chi connectivity index (χ2v) is 6.98. The molecule has 2 N–H and O–H groups in total. The number of halogens is 1. The molecule has 0 unspecified atom stereocenters. The zero-order valence-electron chi connectivity index (χ0n) is 15.2. The Hall–Kier alpha value is -1.79. The van der Waals surface area contributed by atoms with Crippen molar-refractivity contribution in [3.8, 4) is 11.5 Å². The summed E-state index contributed by atoms with van der Waals surface area (Å²) in [7, 11) is 3.24. The van der Waals surface area contributed by atoms with Gasteiger partial charge in [-0.1, -0.05) is 24.1 Å². The summed E-state index contributed by atoms with van der Waals surface area (Å²) in [6, 6.07) is 5.81. The zero-order valence-corrected chi connectivity index (χ0v) is 16.0. The van der Waals surface area contributed by atoms with Gasteiger partial charge in [0, 0.05) is 0 Å². The first-order valence-electron chi connectivity index (χ1n) is 8.27. The third-order valence-corrected chi connectivity index (χ3v) is 5.01. The molecule has 0 radical (unpaired) electrons. The minimum Gasteiger partial charge on any atom is -0.493 e. The number of nitrogens with zero attached hydrogens (tertiary/aromatic N) is 2. The maximum Gasteiger partial charge on any atom is 0.236 e. The largest absolute Gasteiger partial charge is 0.493 e. The lowest BCUT2D eigenvalue weighted by atomic mass is 9.84. The van der Waals surface area contributed by atoms with Crippen LogP contribution in [-0.2, 0) is 11.0 Å². The molecule has 1 fully saturated rings. The summed E-state index contributed by atoms with van der Waals surface area (Å²) in [4.78, 5) is 4.64. The molecular weight excluding hydrogens is 342 g/mol. The van der Waals surface area contributed by atoms with E-state index >= 15 is 0 Å². The molecule has 0 bridgehead atoms. The van der Waals surface area contributed by atoms with Crippen LogP contribution in [0, 0.1) is 0 Å². The molecule has 7 heteroatoms. The highest BCUT2D eigenvalue weighted by Gasteiger charge is 2.38. The molecular formula is C18H26ClN3O3. The topological polar surface area (TPSA) is 83.4 Å². The molecule has 25 heavy (non-hydrogen) atoms. The Morgan fingerprint density at radius 1 is 1.12 bits per heavy atom. The standard InChI is InChI=1S/C18H25N3O3.ClH/c1-17(2,12-7-8-13(22-3)14(11-12)23-4)16-20-15(21-24-16)18(19)9-5-6-10-18;/h7-8,11H,5-6,9-10,19H2,1-4H3;1H. The SMILES string of the molecule is COc1ccc(C(C)(C)c2nc(C3(N)CCCC3)no2)cc1OC.Cl. The van der Waals surface area contributed by atoms with Crippen LogP contribution in [0.2, 0.25) is 0 Å². The van der Waals surface area contributed by atoms with Crippen molar-refractivity contribution in [3.05, 3.63) is 35.5 Å². The van der Waals surface area contributed by atoms with Crippen LogP contribution in [0.3, 0.4) is 0 Å². The highest BCUT2D eigenvalue weighted by Crippen LogP contribution is 2.39. The summed E-state index contributed by atoms with van der Waals surface area (Å²) in [6.07, 6.45) is 4.03. The molecule has 1 aliphatic rings. The van der Waals surface area contributed by atoms with Crippen LogP contribution in [0.5, 0.6) is 11.5 Å². The smallest absolute Gasteiger partial charge is 0.236 e. The van der Waals surface area contributed by atoms with Crippen molar-refractivity contribution >= 4 is 12.4 Å². The van der Waals surface area contributed by atoms with E-state index in [1.807, 2.05) is 32.0 Å². The Morgan fingerprint density at radius 2 is 1.76 bits per heavy atom. The molecule has 1 aromatic carbocycles. The number of hydrogen-bond acceptors (Lipinski definition) is 6.